The molecular formula is C3H3Cl4NO2. The minimum absolute atomic E-state index is 1.59. The van der Waals surface area contributed by atoms with Crippen molar-refractivity contribution in [3.05, 3.63) is 0 Å². The van der Waals surface area contributed by atoms with Crippen LogP contribution in [0.2, 0.25) is 0 Å². The molecule has 0 aromatic carbocycles. The van der Waals surface area contributed by atoms with E-state index in [1.165, 1.54) is 0 Å². The van der Waals surface area contributed by atoms with E-state index in [4.69, 9.17) is 57.2 Å². The van der Waals surface area contributed by atoms with Crippen LogP contribution in [0.4, 0.5) is 0 Å². The molecule has 7 heteroatoms. The van der Waals surface area contributed by atoms with Gasteiger partial charge in [0, 0.05) is 0 Å². The first kappa shape index (κ1) is 10.6. The molecule has 0 radical (unpaired) electrons. The lowest BCUT2D eigenvalue weighted by atomic mass is 10.3. The van der Waals surface area contributed by atoms with Crippen LogP contribution in [-0.2, 0) is 4.79 Å². The maximum atomic E-state index is 10.2. The molecule has 0 rings (SSSR count). The van der Waals surface area contributed by atoms with Gasteiger partial charge in [-0.25, -0.2) is 4.79 Å². The number of carboxylic acid groups (broad SMARTS) is 1. The summed E-state index contributed by atoms with van der Waals surface area (Å²) in [6.07, 6.45) is 0. The van der Waals surface area contributed by atoms with Crippen LogP contribution in [0.1, 0.15) is 0 Å². The Morgan fingerprint density at radius 3 is 1.60 bits per heavy atom. The number of rotatable bonds is 1. The van der Waals surface area contributed by atoms with E-state index in [9.17, 15) is 4.79 Å². The smallest absolute Gasteiger partial charge is 0.343 e. The maximum absolute atomic E-state index is 10.2. The highest BCUT2D eigenvalue weighted by Crippen LogP contribution is 2.39. The SMILES string of the molecule is NC(Cl)(C(=O)O)C(Cl)(Cl)Cl. The fourth-order valence-corrected chi connectivity index (χ4v) is 0.364. The summed E-state index contributed by atoms with van der Waals surface area (Å²) >= 11 is 20.5. The van der Waals surface area contributed by atoms with Crippen LogP contribution in [0.3, 0.4) is 0 Å². The molecular weight excluding hydrogens is 224 g/mol. The normalized spacial score (nSPS) is 18.1. The summed E-state index contributed by atoms with van der Waals surface area (Å²) in [6, 6.07) is 0. The molecule has 1 atom stereocenters. The van der Waals surface area contributed by atoms with Gasteiger partial charge < -0.3 is 5.11 Å². The summed E-state index contributed by atoms with van der Waals surface area (Å²) in [6.45, 7) is 0. The minimum Gasteiger partial charge on any atom is -0.479 e. The molecule has 0 aromatic heterocycles. The second-order valence-corrected chi connectivity index (χ2v) is 4.39. The quantitative estimate of drug-likeness (QED) is 0.524. The van der Waals surface area contributed by atoms with Crippen molar-refractivity contribution >= 4 is 52.4 Å². The largest absolute Gasteiger partial charge is 0.479 e. The van der Waals surface area contributed by atoms with Gasteiger partial charge in [0.2, 0.25) is 8.79 Å². The second kappa shape index (κ2) is 2.91. The molecule has 3 N–H and O–H groups in total. The van der Waals surface area contributed by atoms with Crippen LogP contribution >= 0.6 is 46.4 Å². The van der Waals surface area contributed by atoms with E-state index in [1.54, 1.807) is 0 Å². The Morgan fingerprint density at radius 1 is 1.30 bits per heavy atom. The zero-order valence-corrected chi connectivity index (χ0v) is 7.47. The molecule has 0 fully saturated rings. The average molecular weight is 227 g/mol. The molecule has 1 unspecified atom stereocenters. The lowest BCUT2D eigenvalue weighted by Crippen LogP contribution is -2.53. The van der Waals surface area contributed by atoms with Gasteiger partial charge in [0.15, 0.2) is 0 Å². The first-order chi connectivity index (χ1) is 4.19. The summed E-state index contributed by atoms with van der Waals surface area (Å²) in [4.78, 5) is 7.78. The Labute approximate surface area is 77.0 Å². The Morgan fingerprint density at radius 2 is 1.60 bits per heavy atom. The molecule has 0 aromatic rings. The van der Waals surface area contributed by atoms with E-state index in [1.807, 2.05) is 0 Å². The average Bonchev–Trinajstić information content (AvgIpc) is 1.62. The molecule has 0 spiro atoms. The molecule has 0 aliphatic heterocycles. The molecule has 3 nitrogen and oxygen atoms in total. The van der Waals surface area contributed by atoms with Gasteiger partial charge in [0.25, 0.3) is 0 Å². The van der Waals surface area contributed by atoms with Crippen LogP contribution in [0.15, 0.2) is 0 Å². The molecule has 0 aliphatic carbocycles. The van der Waals surface area contributed by atoms with Crippen LogP contribution in [0, 0.1) is 0 Å². The number of nitrogens with two attached hydrogens (primary N) is 1. The number of halogens is 4. The summed E-state index contributed by atoms with van der Waals surface area (Å²) in [5.74, 6) is -1.59. The second-order valence-electron chi connectivity index (χ2n) is 1.51. The Balaban J connectivity index is 4.57. The van der Waals surface area contributed by atoms with Crippen molar-refractivity contribution in [2.75, 3.05) is 0 Å². The number of hydrogen-bond donors (Lipinski definition) is 2. The highest BCUT2D eigenvalue weighted by Gasteiger charge is 2.50. The minimum atomic E-state index is -2.38. The molecule has 0 bridgehead atoms. The van der Waals surface area contributed by atoms with Gasteiger partial charge >= 0.3 is 5.97 Å². The topological polar surface area (TPSA) is 63.3 Å². The Bertz CT molecular complexity index is 151. The van der Waals surface area contributed by atoms with E-state index in [0.29, 0.717) is 0 Å². The van der Waals surface area contributed by atoms with E-state index in [0.717, 1.165) is 0 Å². The molecule has 0 saturated carbocycles. The van der Waals surface area contributed by atoms with Crippen molar-refractivity contribution < 1.29 is 9.90 Å². The van der Waals surface area contributed by atoms with Crippen molar-refractivity contribution in [3.8, 4) is 0 Å². The van der Waals surface area contributed by atoms with Gasteiger partial charge in [-0.3, -0.25) is 5.73 Å². The van der Waals surface area contributed by atoms with Crippen LogP contribution < -0.4 is 5.73 Å². The van der Waals surface area contributed by atoms with Crippen LogP contribution in [0.25, 0.3) is 0 Å². The van der Waals surface area contributed by atoms with Gasteiger partial charge in [-0.05, 0) is 0 Å². The number of carbonyl (C=O) groups is 1. The zero-order valence-electron chi connectivity index (χ0n) is 4.44. The summed E-state index contributed by atoms with van der Waals surface area (Å²) in [5.41, 5.74) is 4.91. The molecule has 60 valence electrons. The van der Waals surface area contributed by atoms with E-state index in [-0.39, 0.29) is 0 Å². The number of aliphatic carboxylic acids is 1. The molecule has 0 saturated heterocycles. The van der Waals surface area contributed by atoms with Gasteiger partial charge in [0.1, 0.15) is 0 Å². The van der Waals surface area contributed by atoms with Crippen molar-refractivity contribution in [2.24, 2.45) is 5.73 Å². The van der Waals surface area contributed by atoms with Crippen molar-refractivity contribution in [3.63, 3.8) is 0 Å². The Kier molecular flexibility index (Phi) is 3.08. The van der Waals surface area contributed by atoms with E-state index in [2.05, 4.69) is 0 Å². The highest BCUT2D eigenvalue weighted by atomic mass is 35.6. The maximum Gasteiger partial charge on any atom is 0.343 e. The predicted molar refractivity (Wildman–Crippen MR) is 40.7 cm³/mol. The van der Waals surface area contributed by atoms with Crippen molar-refractivity contribution in [1.29, 1.82) is 0 Å². The molecule has 0 aliphatic rings. The van der Waals surface area contributed by atoms with E-state index >= 15 is 0 Å². The van der Waals surface area contributed by atoms with Gasteiger partial charge in [0.05, 0.1) is 0 Å². The molecule has 0 amide bonds. The fourth-order valence-electron chi connectivity index (χ4n) is 0.121. The van der Waals surface area contributed by atoms with Crippen molar-refractivity contribution in [2.45, 2.75) is 8.79 Å². The first-order valence-corrected chi connectivity index (χ1v) is 3.48. The molecule has 10 heavy (non-hydrogen) atoms. The van der Waals surface area contributed by atoms with Gasteiger partial charge in [-0.15, -0.1) is 0 Å². The van der Waals surface area contributed by atoms with Gasteiger partial charge in [-0.1, -0.05) is 46.4 Å². The van der Waals surface area contributed by atoms with Gasteiger partial charge in [-0.2, -0.15) is 0 Å². The predicted octanol–water partition coefficient (Wildman–Crippen LogP) is 1.33. The Hall–Kier alpha value is 0.590. The fraction of sp³-hybridized carbons (Fsp3) is 0.667. The van der Waals surface area contributed by atoms with Crippen LogP contribution in [0.5, 0.6) is 0 Å². The third-order valence-electron chi connectivity index (χ3n) is 0.724. The summed E-state index contributed by atoms with van der Waals surface area (Å²) < 4.78 is -2.22. The molecule has 0 heterocycles. The number of hydrogen-bond acceptors (Lipinski definition) is 2. The third kappa shape index (κ3) is 2.04. The zero-order chi connectivity index (χ0) is 8.58. The highest BCUT2D eigenvalue weighted by molar-refractivity contribution is 6.72. The van der Waals surface area contributed by atoms with E-state index < -0.39 is 14.8 Å². The number of carboxylic acids is 1. The third-order valence-corrected chi connectivity index (χ3v) is 2.35. The summed E-state index contributed by atoms with van der Waals surface area (Å²) in [7, 11) is 0. The lowest BCUT2D eigenvalue weighted by molar-refractivity contribution is -0.139. The summed E-state index contributed by atoms with van der Waals surface area (Å²) in [5, 5.41) is 8.27. The first-order valence-electron chi connectivity index (χ1n) is 1.97. The monoisotopic (exact) mass is 225 g/mol. The standard InChI is InChI=1S/C3H3Cl4NO2/c4-2(8,1(9)10)3(5,6)7/h8H2,(H,9,10). The van der Waals surface area contributed by atoms with Crippen molar-refractivity contribution in [1.82, 2.24) is 0 Å². The lowest BCUT2D eigenvalue weighted by Gasteiger charge is -2.24. The number of alkyl halides is 4. The van der Waals surface area contributed by atoms with Crippen LogP contribution in [-0.4, -0.2) is 19.9 Å².